The Morgan fingerprint density at radius 3 is 3.12 bits per heavy atom. The average Bonchev–Trinajstić information content (AvgIpc) is 2.73. The first-order valence-electron chi connectivity index (χ1n) is 5.81. The Balaban J connectivity index is 1.86. The molecule has 0 N–H and O–H groups in total. The van der Waals surface area contributed by atoms with Crippen LogP contribution < -0.4 is 0 Å². The Hall–Kier alpha value is -1.20. The molecule has 3 rings (SSSR count). The minimum atomic E-state index is 0.233. The van der Waals surface area contributed by atoms with E-state index in [1.807, 2.05) is 6.07 Å². The first-order chi connectivity index (χ1) is 8.33. The molecule has 2 aromatic rings. The summed E-state index contributed by atoms with van der Waals surface area (Å²) in [6, 6.07) is 3.53. The normalized spacial score (nSPS) is 20.9. The fourth-order valence-corrected chi connectivity index (χ4v) is 2.25. The molecule has 90 valence electrons. The van der Waals surface area contributed by atoms with E-state index in [0.717, 1.165) is 37.3 Å². The van der Waals surface area contributed by atoms with Crippen LogP contribution in [0.4, 0.5) is 0 Å². The molecule has 1 saturated heterocycles. The van der Waals surface area contributed by atoms with Gasteiger partial charge in [0.15, 0.2) is 11.5 Å². The van der Waals surface area contributed by atoms with Crippen LogP contribution in [0.15, 0.2) is 12.1 Å². The predicted octanol–water partition coefficient (Wildman–Crippen LogP) is 1.89. The molecule has 1 aliphatic rings. The number of fused-ring (bicyclic) bond motifs is 1. The Bertz CT molecular complexity index is 521. The van der Waals surface area contributed by atoms with E-state index in [4.69, 9.17) is 16.3 Å². The number of halogens is 1. The molecule has 0 bridgehead atoms. The number of aromatic nitrogens is 4. The van der Waals surface area contributed by atoms with Crippen molar-refractivity contribution < 1.29 is 4.74 Å². The fraction of sp³-hybridized carbons (Fsp3) is 0.545. The van der Waals surface area contributed by atoms with Gasteiger partial charge in [-0.3, -0.25) is 0 Å². The van der Waals surface area contributed by atoms with Gasteiger partial charge in [0, 0.05) is 13.0 Å². The van der Waals surface area contributed by atoms with Gasteiger partial charge in [-0.15, -0.1) is 10.2 Å². The second kappa shape index (κ2) is 4.58. The summed E-state index contributed by atoms with van der Waals surface area (Å²) in [5, 5.41) is 12.9. The highest BCUT2D eigenvalue weighted by Crippen LogP contribution is 2.17. The van der Waals surface area contributed by atoms with Crippen LogP contribution in [0.2, 0.25) is 5.15 Å². The van der Waals surface area contributed by atoms with Crippen molar-refractivity contribution in [3.05, 3.63) is 23.1 Å². The van der Waals surface area contributed by atoms with E-state index in [0.29, 0.717) is 5.15 Å². The van der Waals surface area contributed by atoms with E-state index >= 15 is 0 Å². The van der Waals surface area contributed by atoms with Gasteiger partial charge >= 0.3 is 0 Å². The molecular formula is C11H13ClN4O. The topological polar surface area (TPSA) is 52.3 Å². The maximum absolute atomic E-state index is 5.87. The van der Waals surface area contributed by atoms with Gasteiger partial charge in [0.2, 0.25) is 0 Å². The molecule has 0 aromatic carbocycles. The Morgan fingerprint density at radius 1 is 1.35 bits per heavy atom. The number of hydrogen-bond acceptors (Lipinski definition) is 4. The van der Waals surface area contributed by atoms with Crippen LogP contribution >= 0.6 is 11.6 Å². The SMILES string of the molecule is Clc1ccc2nnc(CC3CCCCO3)n2n1. The molecule has 0 aliphatic carbocycles. The number of ether oxygens (including phenoxy) is 1. The lowest BCUT2D eigenvalue weighted by Crippen LogP contribution is -2.22. The smallest absolute Gasteiger partial charge is 0.178 e. The van der Waals surface area contributed by atoms with Crippen LogP contribution in [0.25, 0.3) is 5.65 Å². The lowest BCUT2D eigenvalue weighted by molar-refractivity contribution is 0.0153. The zero-order chi connectivity index (χ0) is 11.7. The average molecular weight is 253 g/mol. The third-order valence-corrected chi connectivity index (χ3v) is 3.18. The van der Waals surface area contributed by atoms with Crippen molar-refractivity contribution in [2.24, 2.45) is 0 Å². The molecule has 0 saturated carbocycles. The van der Waals surface area contributed by atoms with E-state index in [-0.39, 0.29) is 6.10 Å². The molecule has 0 spiro atoms. The van der Waals surface area contributed by atoms with Gasteiger partial charge in [0.1, 0.15) is 5.15 Å². The summed E-state index contributed by atoms with van der Waals surface area (Å²) >= 11 is 5.87. The van der Waals surface area contributed by atoms with Gasteiger partial charge < -0.3 is 4.74 Å². The highest BCUT2D eigenvalue weighted by molar-refractivity contribution is 6.29. The second-order valence-electron chi connectivity index (χ2n) is 4.23. The first-order valence-corrected chi connectivity index (χ1v) is 6.19. The van der Waals surface area contributed by atoms with Gasteiger partial charge in [-0.2, -0.15) is 9.61 Å². The maximum Gasteiger partial charge on any atom is 0.178 e. The van der Waals surface area contributed by atoms with Crippen molar-refractivity contribution in [1.82, 2.24) is 19.8 Å². The van der Waals surface area contributed by atoms with Gasteiger partial charge in [0.05, 0.1) is 6.10 Å². The van der Waals surface area contributed by atoms with Gasteiger partial charge in [-0.05, 0) is 31.4 Å². The highest BCUT2D eigenvalue weighted by Gasteiger charge is 2.18. The number of nitrogens with zero attached hydrogens (tertiary/aromatic N) is 4. The predicted molar refractivity (Wildman–Crippen MR) is 63.1 cm³/mol. The minimum absolute atomic E-state index is 0.233. The molecule has 6 heteroatoms. The summed E-state index contributed by atoms with van der Waals surface area (Å²) in [4.78, 5) is 0. The van der Waals surface area contributed by atoms with Crippen molar-refractivity contribution >= 4 is 17.2 Å². The molecule has 1 fully saturated rings. The van der Waals surface area contributed by atoms with Crippen molar-refractivity contribution in [2.75, 3.05) is 6.61 Å². The molecule has 0 amide bonds. The molecule has 17 heavy (non-hydrogen) atoms. The molecule has 0 radical (unpaired) electrons. The minimum Gasteiger partial charge on any atom is -0.378 e. The number of hydrogen-bond donors (Lipinski definition) is 0. The zero-order valence-corrected chi connectivity index (χ0v) is 10.1. The third kappa shape index (κ3) is 2.25. The third-order valence-electron chi connectivity index (χ3n) is 2.98. The van der Waals surface area contributed by atoms with Crippen LogP contribution in [-0.2, 0) is 11.2 Å². The summed E-state index contributed by atoms with van der Waals surface area (Å²) in [5.74, 6) is 0.814. The standard InChI is InChI=1S/C11H13ClN4O/c12-9-4-5-10-13-14-11(16(10)15-9)7-8-3-1-2-6-17-8/h4-5,8H,1-3,6-7H2. The molecule has 1 unspecified atom stereocenters. The van der Waals surface area contributed by atoms with Crippen molar-refractivity contribution in [3.63, 3.8) is 0 Å². The Kier molecular flexibility index (Phi) is 2.94. The van der Waals surface area contributed by atoms with E-state index < -0.39 is 0 Å². The molecule has 1 aliphatic heterocycles. The van der Waals surface area contributed by atoms with Crippen molar-refractivity contribution in [1.29, 1.82) is 0 Å². The summed E-state index contributed by atoms with van der Waals surface area (Å²) in [7, 11) is 0. The quantitative estimate of drug-likeness (QED) is 0.819. The second-order valence-corrected chi connectivity index (χ2v) is 4.62. The summed E-state index contributed by atoms with van der Waals surface area (Å²) in [6.07, 6.45) is 4.43. The largest absolute Gasteiger partial charge is 0.378 e. The van der Waals surface area contributed by atoms with Crippen LogP contribution in [0, 0.1) is 0 Å². The monoisotopic (exact) mass is 252 g/mol. The maximum atomic E-state index is 5.87. The lowest BCUT2D eigenvalue weighted by atomic mass is 10.1. The molecule has 1 atom stereocenters. The van der Waals surface area contributed by atoms with E-state index in [1.54, 1.807) is 10.6 Å². The van der Waals surface area contributed by atoms with E-state index in [1.165, 1.54) is 6.42 Å². The van der Waals surface area contributed by atoms with E-state index in [9.17, 15) is 0 Å². The fourth-order valence-electron chi connectivity index (χ4n) is 2.11. The van der Waals surface area contributed by atoms with Crippen LogP contribution in [-0.4, -0.2) is 32.5 Å². The highest BCUT2D eigenvalue weighted by atomic mass is 35.5. The zero-order valence-electron chi connectivity index (χ0n) is 9.34. The molecule has 2 aromatic heterocycles. The summed E-state index contributed by atoms with van der Waals surface area (Å²) in [5.41, 5.74) is 0.722. The van der Waals surface area contributed by atoms with E-state index in [2.05, 4.69) is 15.3 Å². The van der Waals surface area contributed by atoms with Gasteiger partial charge in [0.25, 0.3) is 0 Å². The first kappa shape index (κ1) is 10.9. The van der Waals surface area contributed by atoms with Crippen molar-refractivity contribution in [3.8, 4) is 0 Å². The van der Waals surface area contributed by atoms with Crippen LogP contribution in [0.5, 0.6) is 0 Å². The summed E-state index contributed by atoms with van der Waals surface area (Å²) in [6.45, 7) is 0.843. The van der Waals surface area contributed by atoms with Crippen molar-refractivity contribution in [2.45, 2.75) is 31.8 Å². The Morgan fingerprint density at radius 2 is 2.29 bits per heavy atom. The van der Waals surface area contributed by atoms with Gasteiger partial charge in [-0.25, -0.2) is 0 Å². The Labute approximate surface area is 104 Å². The lowest BCUT2D eigenvalue weighted by Gasteiger charge is -2.21. The van der Waals surface area contributed by atoms with Crippen LogP contribution in [0.1, 0.15) is 25.1 Å². The molecule has 5 nitrogen and oxygen atoms in total. The number of rotatable bonds is 2. The molecule has 3 heterocycles. The summed E-state index contributed by atoms with van der Waals surface area (Å²) < 4.78 is 7.38. The van der Waals surface area contributed by atoms with Crippen LogP contribution in [0.3, 0.4) is 0 Å². The van der Waals surface area contributed by atoms with Gasteiger partial charge in [-0.1, -0.05) is 11.6 Å². The molecular weight excluding hydrogens is 240 g/mol.